The van der Waals surface area contributed by atoms with E-state index in [1.54, 1.807) is 12.3 Å². The van der Waals surface area contributed by atoms with Crippen LogP contribution in [0.5, 0.6) is 5.75 Å². The van der Waals surface area contributed by atoms with Crippen LogP contribution in [0.15, 0.2) is 47.1 Å². The molecule has 1 aromatic carbocycles. The third-order valence-electron chi connectivity index (χ3n) is 4.37. The molecule has 0 bridgehead atoms. The molecule has 0 saturated heterocycles. The summed E-state index contributed by atoms with van der Waals surface area (Å²) in [6, 6.07) is 11.8. The Balaban J connectivity index is 1.43. The van der Waals surface area contributed by atoms with Gasteiger partial charge in [-0.05, 0) is 48.6 Å². The Labute approximate surface area is 136 Å². The van der Waals surface area contributed by atoms with E-state index in [1.165, 1.54) is 37.7 Å². The SMILES string of the molecule is O=C(COc1ccc(C2CCCCC2)cc1)NCc1ccco1. The maximum atomic E-state index is 11.7. The number of carbonyl (C=O) groups excluding carboxylic acids is 1. The average molecular weight is 313 g/mol. The monoisotopic (exact) mass is 313 g/mol. The first-order chi connectivity index (χ1) is 11.3. The molecule has 1 aliphatic carbocycles. The molecule has 1 aromatic heterocycles. The van der Waals surface area contributed by atoms with Gasteiger partial charge in [0.05, 0.1) is 12.8 Å². The van der Waals surface area contributed by atoms with Crippen molar-refractivity contribution < 1.29 is 13.9 Å². The highest BCUT2D eigenvalue weighted by atomic mass is 16.5. The van der Waals surface area contributed by atoms with Crippen LogP contribution in [0.3, 0.4) is 0 Å². The van der Waals surface area contributed by atoms with Crippen molar-refractivity contribution in [2.75, 3.05) is 6.61 Å². The molecular formula is C19H23NO3. The van der Waals surface area contributed by atoms with E-state index in [1.807, 2.05) is 18.2 Å². The van der Waals surface area contributed by atoms with Crippen molar-refractivity contribution in [2.24, 2.45) is 0 Å². The van der Waals surface area contributed by atoms with Crippen LogP contribution in [0, 0.1) is 0 Å². The highest BCUT2D eigenvalue weighted by molar-refractivity contribution is 5.77. The second-order valence-corrected chi connectivity index (χ2v) is 6.05. The van der Waals surface area contributed by atoms with Crippen LogP contribution in [0.4, 0.5) is 0 Å². The highest BCUT2D eigenvalue weighted by Crippen LogP contribution is 2.33. The van der Waals surface area contributed by atoms with Crippen LogP contribution in [0.2, 0.25) is 0 Å². The Morgan fingerprint density at radius 3 is 2.61 bits per heavy atom. The van der Waals surface area contributed by atoms with Gasteiger partial charge < -0.3 is 14.5 Å². The number of ether oxygens (including phenoxy) is 1. The van der Waals surface area contributed by atoms with Crippen LogP contribution in [-0.4, -0.2) is 12.5 Å². The number of benzene rings is 1. The van der Waals surface area contributed by atoms with Crippen molar-refractivity contribution in [2.45, 2.75) is 44.6 Å². The van der Waals surface area contributed by atoms with Crippen molar-refractivity contribution in [3.63, 3.8) is 0 Å². The summed E-state index contributed by atoms with van der Waals surface area (Å²) in [7, 11) is 0. The molecule has 122 valence electrons. The lowest BCUT2D eigenvalue weighted by Crippen LogP contribution is -2.28. The number of furan rings is 1. The first-order valence-corrected chi connectivity index (χ1v) is 8.33. The van der Waals surface area contributed by atoms with Gasteiger partial charge in [-0.2, -0.15) is 0 Å². The minimum Gasteiger partial charge on any atom is -0.484 e. The quantitative estimate of drug-likeness (QED) is 0.876. The Bertz CT molecular complexity index is 598. The van der Waals surface area contributed by atoms with Gasteiger partial charge in [0.2, 0.25) is 0 Å². The fraction of sp³-hybridized carbons (Fsp3) is 0.421. The largest absolute Gasteiger partial charge is 0.484 e. The topological polar surface area (TPSA) is 51.5 Å². The molecule has 0 radical (unpaired) electrons. The Morgan fingerprint density at radius 2 is 1.91 bits per heavy atom. The predicted molar refractivity (Wildman–Crippen MR) is 88.3 cm³/mol. The van der Waals surface area contributed by atoms with Gasteiger partial charge in [0.25, 0.3) is 5.91 Å². The molecule has 4 heteroatoms. The maximum Gasteiger partial charge on any atom is 0.258 e. The third kappa shape index (κ3) is 4.62. The van der Waals surface area contributed by atoms with E-state index in [2.05, 4.69) is 17.4 Å². The minimum atomic E-state index is -0.155. The Kier molecular flexibility index (Phi) is 5.35. The molecule has 2 aromatic rings. The Hall–Kier alpha value is -2.23. The number of hydrogen-bond acceptors (Lipinski definition) is 3. The summed E-state index contributed by atoms with van der Waals surface area (Å²) in [5.41, 5.74) is 1.39. The van der Waals surface area contributed by atoms with E-state index < -0.39 is 0 Å². The number of rotatable bonds is 6. The molecule has 1 amide bonds. The molecule has 4 nitrogen and oxygen atoms in total. The summed E-state index contributed by atoms with van der Waals surface area (Å²) < 4.78 is 10.7. The molecule has 23 heavy (non-hydrogen) atoms. The molecular weight excluding hydrogens is 290 g/mol. The van der Waals surface area contributed by atoms with E-state index >= 15 is 0 Å². The summed E-state index contributed by atoms with van der Waals surface area (Å²) in [5, 5.41) is 2.76. The van der Waals surface area contributed by atoms with Gasteiger partial charge in [0.1, 0.15) is 11.5 Å². The second-order valence-electron chi connectivity index (χ2n) is 6.05. The Morgan fingerprint density at radius 1 is 1.13 bits per heavy atom. The number of hydrogen-bond donors (Lipinski definition) is 1. The van der Waals surface area contributed by atoms with Gasteiger partial charge >= 0.3 is 0 Å². The van der Waals surface area contributed by atoms with E-state index in [-0.39, 0.29) is 12.5 Å². The zero-order valence-electron chi connectivity index (χ0n) is 13.3. The van der Waals surface area contributed by atoms with Crippen molar-refractivity contribution >= 4 is 5.91 Å². The van der Waals surface area contributed by atoms with Crippen LogP contribution in [0.25, 0.3) is 0 Å². The van der Waals surface area contributed by atoms with Gasteiger partial charge in [-0.25, -0.2) is 0 Å². The predicted octanol–water partition coefficient (Wildman–Crippen LogP) is 4.02. The summed E-state index contributed by atoms with van der Waals surface area (Å²) in [5.74, 6) is 2.00. The number of nitrogens with one attached hydrogen (secondary N) is 1. The van der Waals surface area contributed by atoms with Crippen molar-refractivity contribution in [3.8, 4) is 5.75 Å². The van der Waals surface area contributed by atoms with Crippen molar-refractivity contribution in [3.05, 3.63) is 54.0 Å². The van der Waals surface area contributed by atoms with Gasteiger partial charge in [0.15, 0.2) is 6.61 Å². The molecule has 1 heterocycles. The van der Waals surface area contributed by atoms with Crippen LogP contribution < -0.4 is 10.1 Å². The fourth-order valence-corrected chi connectivity index (χ4v) is 3.07. The van der Waals surface area contributed by atoms with Crippen LogP contribution >= 0.6 is 0 Å². The molecule has 0 aliphatic heterocycles. The minimum absolute atomic E-state index is 0.0173. The summed E-state index contributed by atoms with van der Waals surface area (Å²) in [6.45, 7) is 0.402. The first-order valence-electron chi connectivity index (χ1n) is 8.33. The number of amides is 1. The third-order valence-corrected chi connectivity index (χ3v) is 4.37. The zero-order chi connectivity index (χ0) is 15.9. The smallest absolute Gasteiger partial charge is 0.258 e. The molecule has 1 saturated carbocycles. The van der Waals surface area contributed by atoms with Crippen LogP contribution in [0.1, 0.15) is 49.3 Å². The highest BCUT2D eigenvalue weighted by Gasteiger charge is 2.15. The first kappa shape index (κ1) is 15.7. The lowest BCUT2D eigenvalue weighted by Gasteiger charge is -2.22. The summed E-state index contributed by atoms with van der Waals surface area (Å²) in [4.78, 5) is 11.7. The molecule has 0 spiro atoms. The fourth-order valence-electron chi connectivity index (χ4n) is 3.07. The van der Waals surface area contributed by atoms with E-state index in [0.717, 1.165) is 11.5 Å². The van der Waals surface area contributed by atoms with Gasteiger partial charge in [0, 0.05) is 0 Å². The normalized spacial score (nSPS) is 15.3. The molecule has 1 fully saturated rings. The zero-order valence-corrected chi connectivity index (χ0v) is 13.3. The summed E-state index contributed by atoms with van der Waals surface area (Å²) >= 11 is 0. The van der Waals surface area contributed by atoms with Gasteiger partial charge in [-0.15, -0.1) is 0 Å². The maximum absolute atomic E-state index is 11.7. The van der Waals surface area contributed by atoms with Crippen LogP contribution in [-0.2, 0) is 11.3 Å². The molecule has 1 N–H and O–H groups in total. The lowest BCUT2D eigenvalue weighted by molar-refractivity contribution is -0.123. The second kappa shape index (κ2) is 7.86. The van der Waals surface area contributed by atoms with E-state index in [0.29, 0.717) is 12.5 Å². The molecule has 1 aliphatic rings. The standard InChI is InChI=1S/C19H23NO3/c21-19(20-13-18-7-4-12-22-18)14-23-17-10-8-16(9-11-17)15-5-2-1-3-6-15/h4,7-12,15H,1-3,5-6,13-14H2,(H,20,21). The van der Waals surface area contributed by atoms with E-state index in [4.69, 9.17) is 9.15 Å². The number of carbonyl (C=O) groups is 1. The van der Waals surface area contributed by atoms with Crippen molar-refractivity contribution in [1.82, 2.24) is 5.32 Å². The van der Waals surface area contributed by atoms with Crippen molar-refractivity contribution in [1.29, 1.82) is 0 Å². The molecule has 0 atom stereocenters. The lowest BCUT2D eigenvalue weighted by atomic mass is 9.84. The molecule has 3 rings (SSSR count). The average Bonchev–Trinajstić information content (AvgIpc) is 3.13. The van der Waals surface area contributed by atoms with E-state index in [9.17, 15) is 4.79 Å². The van der Waals surface area contributed by atoms with Gasteiger partial charge in [-0.3, -0.25) is 4.79 Å². The summed E-state index contributed by atoms with van der Waals surface area (Å²) in [6.07, 6.45) is 8.19. The van der Waals surface area contributed by atoms with Gasteiger partial charge in [-0.1, -0.05) is 31.4 Å². The molecule has 0 unspecified atom stereocenters.